The summed E-state index contributed by atoms with van der Waals surface area (Å²) in [7, 11) is 0. The third-order valence-electron chi connectivity index (χ3n) is 3.34. The Labute approximate surface area is 101 Å². The fourth-order valence-electron chi connectivity index (χ4n) is 2.10. The van der Waals surface area contributed by atoms with Crippen molar-refractivity contribution >= 4 is 0 Å². The molecule has 0 atom stereocenters. The van der Waals surface area contributed by atoms with Crippen molar-refractivity contribution in [2.24, 2.45) is 11.7 Å². The molecule has 1 aromatic rings. The van der Waals surface area contributed by atoms with Gasteiger partial charge in [0.1, 0.15) is 0 Å². The van der Waals surface area contributed by atoms with Crippen LogP contribution in [0.3, 0.4) is 0 Å². The lowest BCUT2D eigenvalue weighted by Gasteiger charge is -2.19. The molecule has 0 heterocycles. The highest BCUT2D eigenvalue weighted by atomic mass is 19.3. The first-order valence-electron chi connectivity index (χ1n) is 6.11. The van der Waals surface area contributed by atoms with Gasteiger partial charge in [-0.15, -0.1) is 0 Å². The van der Waals surface area contributed by atoms with Crippen molar-refractivity contribution in [3.05, 3.63) is 35.4 Å². The average Bonchev–Trinajstić information content (AvgIpc) is 2.96. The molecular formula is C14H19F2N. The summed E-state index contributed by atoms with van der Waals surface area (Å²) >= 11 is 0. The smallest absolute Gasteiger partial charge is 0.273 e. The molecule has 0 spiro atoms. The van der Waals surface area contributed by atoms with E-state index in [2.05, 4.69) is 0 Å². The molecule has 1 aliphatic carbocycles. The molecule has 1 nitrogen and oxygen atoms in total. The molecule has 1 saturated carbocycles. The number of halogens is 2. The Bertz CT molecular complexity index is 391. The highest BCUT2D eigenvalue weighted by Gasteiger charge is 2.40. The third kappa shape index (κ3) is 2.65. The predicted molar refractivity (Wildman–Crippen MR) is 64.9 cm³/mol. The maximum absolute atomic E-state index is 13.8. The van der Waals surface area contributed by atoms with E-state index in [1.54, 1.807) is 26.0 Å². The van der Waals surface area contributed by atoms with E-state index >= 15 is 0 Å². The molecule has 0 unspecified atom stereocenters. The molecule has 0 bridgehead atoms. The second-order valence-corrected chi connectivity index (χ2v) is 5.54. The number of hydrogen-bond acceptors (Lipinski definition) is 1. The summed E-state index contributed by atoms with van der Waals surface area (Å²) in [4.78, 5) is 0. The number of alkyl halides is 2. The molecule has 0 aliphatic heterocycles. The standard InChI is InChI=1S/C14H19F2N/c1-10(2)9-14(15,16)12-5-3-11(4-6-12)13(17)7-8-13/h3-6,10H,7-9,17H2,1-2H3. The molecular weight excluding hydrogens is 220 g/mol. The van der Waals surface area contributed by atoms with Crippen LogP contribution < -0.4 is 5.73 Å². The maximum atomic E-state index is 13.8. The summed E-state index contributed by atoms with van der Waals surface area (Å²) in [5.41, 5.74) is 6.85. The van der Waals surface area contributed by atoms with Crippen LogP contribution >= 0.6 is 0 Å². The quantitative estimate of drug-likeness (QED) is 0.850. The minimum Gasteiger partial charge on any atom is -0.321 e. The van der Waals surface area contributed by atoms with Gasteiger partial charge in [0.15, 0.2) is 0 Å². The van der Waals surface area contributed by atoms with E-state index in [1.165, 1.54) is 12.1 Å². The van der Waals surface area contributed by atoms with Crippen molar-refractivity contribution < 1.29 is 8.78 Å². The van der Waals surface area contributed by atoms with Gasteiger partial charge in [0.05, 0.1) is 0 Å². The van der Waals surface area contributed by atoms with Crippen LogP contribution in [0.4, 0.5) is 8.78 Å². The minimum absolute atomic E-state index is 0.0195. The topological polar surface area (TPSA) is 26.0 Å². The van der Waals surface area contributed by atoms with E-state index in [-0.39, 0.29) is 23.4 Å². The van der Waals surface area contributed by atoms with Crippen LogP contribution in [0.5, 0.6) is 0 Å². The fourth-order valence-corrected chi connectivity index (χ4v) is 2.10. The zero-order valence-electron chi connectivity index (χ0n) is 10.3. The van der Waals surface area contributed by atoms with E-state index in [0.29, 0.717) is 0 Å². The molecule has 0 aromatic heterocycles. The molecule has 0 radical (unpaired) electrons. The van der Waals surface area contributed by atoms with E-state index in [4.69, 9.17) is 5.73 Å². The molecule has 2 rings (SSSR count). The lowest BCUT2D eigenvalue weighted by molar-refractivity contribution is -0.0249. The SMILES string of the molecule is CC(C)CC(F)(F)c1ccc(C2(N)CC2)cc1. The Morgan fingerprint density at radius 2 is 1.76 bits per heavy atom. The second-order valence-electron chi connectivity index (χ2n) is 5.54. The van der Waals surface area contributed by atoms with Crippen molar-refractivity contribution in [1.82, 2.24) is 0 Å². The van der Waals surface area contributed by atoms with Crippen LogP contribution in [-0.4, -0.2) is 0 Å². The molecule has 2 N–H and O–H groups in total. The maximum Gasteiger partial charge on any atom is 0.273 e. The van der Waals surface area contributed by atoms with Crippen LogP contribution in [-0.2, 0) is 11.5 Å². The molecule has 0 saturated heterocycles. The van der Waals surface area contributed by atoms with Crippen molar-refractivity contribution in [2.75, 3.05) is 0 Å². The summed E-state index contributed by atoms with van der Waals surface area (Å²) in [5.74, 6) is -2.76. The highest BCUT2D eigenvalue weighted by Crippen LogP contribution is 2.43. The van der Waals surface area contributed by atoms with Gasteiger partial charge in [-0.25, -0.2) is 8.78 Å². The zero-order chi connectivity index (χ0) is 12.7. The third-order valence-corrected chi connectivity index (χ3v) is 3.34. The monoisotopic (exact) mass is 239 g/mol. The summed E-state index contributed by atoms with van der Waals surface area (Å²) in [6, 6.07) is 6.53. The van der Waals surface area contributed by atoms with Crippen LogP contribution in [0.15, 0.2) is 24.3 Å². The lowest BCUT2D eigenvalue weighted by atomic mass is 9.96. The molecule has 1 fully saturated rings. The van der Waals surface area contributed by atoms with Gasteiger partial charge in [-0.1, -0.05) is 38.1 Å². The van der Waals surface area contributed by atoms with E-state index in [1.807, 2.05) is 0 Å². The average molecular weight is 239 g/mol. The fraction of sp³-hybridized carbons (Fsp3) is 0.571. The van der Waals surface area contributed by atoms with E-state index < -0.39 is 5.92 Å². The minimum atomic E-state index is -2.74. The molecule has 1 aliphatic rings. The first-order chi connectivity index (χ1) is 7.83. The number of rotatable bonds is 4. The molecule has 3 heteroatoms. The van der Waals surface area contributed by atoms with Crippen LogP contribution in [0, 0.1) is 5.92 Å². The largest absolute Gasteiger partial charge is 0.321 e. The number of nitrogens with two attached hydrogens (primary N) is 1. The van der Waals surface area contributed by atoms with Crippen LogP contribution in [0.2, 0.25) is 0 Å². The van der Waals surface area contributed by atoms with Gasteiger partial charge in [0.2, 0.25) is 0 Å². The molecule has 94 valence electrons. The Morgan fingerprint density at radius 1 is 1.24 bits per heavy atom. The predicted octanol–water partition coefficient (Wildman–Crippen LogP) is 3.77. The molecule has 0 amide bonds. The van der Waals surface area contributed by atoms with Gasteiger partial charge < -0.3 is 5.73 Å². The molecule has 1 aromatic carbocycles. The molecule has 17 heavy (non-hydrogen) atoms. The van der Waals surface area contributed by atoms with Crippen LogP contribution in [0.1, 0.15) is 44.2 Å². The summed E-state index contributed by atoms with van der Waals surface area (Å²) in [5, 5.41) is 0. The van der Waals surface area contributed by atoms with Crippen LogP contribution in [0.25, 0.3) is 0 Å². The normalized spacial score (nSPS) is 18.5. The van der Waals surface area contributed by atoms with Gasteiger partial charge in [-0.2, -0.15) is 0 Å². The van der Waals surface area contributed by atoms with Crippen molar-refractivity contribution in [2.45, 2.75) is 44.6 Å². The number of benzene rings is 1. The second kappa shape index (κ2) is 4.05. The highest BCUT2D eigenvalue weighted by molar-refractivity contribution is 5.33. The number of hydrogen-bond donors (Lipinski definition) is 1. The first kappa shape index (κ1) is 12.5. The van der Waals surface area contributed by atoms with Crippen molar-refractivity contribution in [1.29, 1.82) is 0 Å². The van der Waals surface area contributed by atoms with Crippen molar-refractivity contribution in [3.8, 4) is 0 Å². The van der Waals surface area contributed by atoms with Gasteiger partial charge >= 0.3 is 0 Å². The summed E-state index contributed by atoms with van der Waals surface area (Å²) in [6.45, 7) is 3.61. The Balaban J connectivity index is 2.17. The van der Waals surface area contributed by atoms with Crippen molar-refractivity contribution in [3.63, 3.8) is 0 Å². The van der Waals surface area contributed by atoms with Gasteiger partial charge in [-0.05, 0) is 24.3 Å². The zero-order valence-corrected chi connectivity index (χ0v) is 10.3. The Morgan fingerprint density at radius 3 is 2.18 bits per heavy atom. The van der Waals surface area contributed by atoms with E-state index in [9.17, 15) is 8.78 Å². The summed E-state index contributed by atoms with van der Waals surface area (Å²) < 4.78 is 27.6. The van der Waals surface area contributed by atoms with Gasteiger partial charge in [0, 0.05) is 17.5 Å². The van der Waals surface area contributed by atoms with E-state index in [0.717, 1.165) is 18.4 Å². The first-order valence-corrected chi connectivity index (χ1v) is 6.11. The van der Waals surface area contributed by atoms with Gasteiger partial charge in [0.25, 0.3) is 5.92 Å². The van der Waals surface area contributed by atoms with Gasteiger partial charge in [-0.3, -0.25) is 0 Å². The Kier molecular flexibility index (Phi) is 2.98. The summed E-state index contributed by atoms with van der Waals surface area (Å²) in [6.07, 6.45) is 1.80. The Hall–Kier alpha value is -0.960. The lowest BCUT2D eigenvalue weighted by Crippen LogP contribution is -2.20.